The Bertz CT molecular complexity index is 651. The van der Waals surface area contributed by atoms with E-state index >= 15 is 0 Å². The lowest BCUT2D eigenvalue weighted by atomic mass is 10.3. The van der Waals surface area contributed by atoms with Crippen molar-refractivity contribution in [2.24, 2.45) is 0 Å². The number of methoxy groups -OCH3 is 1. The second-order valence-corrected chi connectivity index (χ2v) is 6.54. The molecule has 8 heteroatoms. The first-order valence-corrected chi connectivity index (χ1v) is 8.44. The van der Waals surface area contributed by atoms with Gasteiger partial charge < -0.3 is 10.1 Å². The van der Waals surface area contributed by atoms with Gasteiger partial charge in [-0.1, -0.05) is 6.92 Å². The number of nitrogens with one attached hydrogen (secondary N) is 2. The van der Waals surface area contributed by atoms with E-state index < -0.39 is 0 Å². The smallest absolute Gasteiger partial charge is 0.321 e. The summed E-state index contributed by atoms with van der Waals surface area (Å²) >= 11 is 2.96. The van der Waals surface area contributed by atoms with E-state index in [0.717, 1.165) is 11.3 Å². The van der Waals surface area contributed by atoms with Crippen LogP contribution < -0.4 is 10.6 Å². The highest BCUT2D eigenvalue weighted by Gasteiger charge is 2.10. The number of aryl methyl sites for hydroxylation is 1. The number of hydrogen-bond donors (Lipinski definition) is 2. The van der Waals surface area contributed by atoms with Gasteiger partial charge in [0.2, 0.25) is 0 Å². The van der Waals surface area contributed by atoms with Crippen LogP contribution in [0.4, 0.5) is 9.93 Å². The van der Waals surface area contributed by atoms with Crippen LogP contribution in [0.25, 0.3) is 0 Å². The molecule has 0 unspecified atom stereocenters. The minimum Gasteiger partial charge on any atom is -0.469 e. The van der Waals surface area contributed by atoms with Gasteiger partial charge in [-0.2, -0.15) is 0 Å². The number of ether oxygens (including phenoxy) is 1. The molecule has 0 aliphatic rings. The van der Waals surface area contributed by atoms with E-state index in [1.54, 1.807) is 16.7 Å². The van der Waals surface area contributed by atoms with Crippen LogP contribution in [0.5, 0.6) is 0 Å². The Hall–Kier alpha value is -1.93. The van der Waals surface area contributed by atoms with Gasteiger partial charge in [-0.05, 0) is 18.6 Å². The van der Waals surface area contributed by atoms with E-state index in [1.807, 2.05) is 6.07 Å². The highest BCUT2D eigenvalue weighted by Crippen LogP contribution is 2.17. The number of carbonyl (C=O) groups is 2. The molecule has 2 amide bonds. The molecule has 0 aromatic carbocycles. The molecule has 0 spiro atoms. The predicted octanol–water partition coefficient (Wildman–Crippen LogP) is 2.80. The molecular weight excluding hydrogens is 322 g/mol. The maximum atomic E-state index is 11.8. The van der Waals surface area contributed by atoms with Crippen molar-refractivity contribution in [2.45, 2.75) is 26.3 Å². The molecule has 0 fully saturated rings. The van der Waals surface area contributed by atoms with Crippen molar-refractivity contribution < 1.29 is 14.3 Å². The topological polar surface area (TPSA) is 80.3 Å². The van der Waals surface area contributed by atoms with Crippen LogP contribution in [0.3, 0.4) is 0 Å². The number of rotatable bonds is 6. The fraction of sp³-hybridized carbons (Fsp3) is 0.357. The maximum absolute atomic E-state index is 11.8. The SMILES string of the molecule is CCc1ccc(CNC(=O)Nc2nc(CC(=O)OC)cs2)s1. The molecule has 2 N–H and O–H groups in total. The van der Waals surface area contributed by atoms with Crippen LogP contribution >= 0.6 is 22.7 Å². The molecule has 6 nitrogen and oxygen atoms in total. The van der Waals surface area contributed by atoms with Gasteiger partial charge in [-0.25, -0.2) is 9.78 Å². The quantitative estimate of drug-likeness (QED) is 0.793. The number of thiophene rings is 1. The number of hydrogen-bond acceptors (Lipinski definition) is 6. The number of nitrogens with zero attached hydrogens (tertiary/aromatic N) is 1. The number of carbonyl (C=O) groups excluding carboxylic acids is 2. The molecule has 0 aliphatic heterocycles. The number of esters is 1. The molecule has 22 heavy (non-hydrogen) atoms. The Balaban J connectivity index is 1.80. The second-order valence-electron chi connectivity index (χ2n) is 4.43. The first kappa shape index (κ1) is 16.4. The molecule has 0 atom stereocenters. The van der Waals surface area contributed by atoms with Crippen molar-refractivity contribution in [3.05, 3.63) is 33.0 Å². The predicted molar refractivity (Wildman–Crippen MR) is 87.4 cm³/mol. The molecule has 2 rings (SSSR count). The van der Waals surface area contributed by atoms with Gasteiger partial charge in [0.05, 0.1) is 25.8 Å². The third-order valence-corrected chi connectivity index (χ3v) is 4.85. The third kappa shape index (κ3) is 4.81. The molecule has 0 saturated heterocycles. The summed E-state index contributed by atoms with van der Waals surface area (Å²) in [5, 5.41) is 7.61. The lowest BCUT2D eigenvalue weighted by Gasteiger charge is -2.03. The van der Waals surface area contributed by atoms with Crippen molar-refractivity contribution >= 4 is 39.8 Å². The lowest BCUT2D eigenvalue weighted by molar-refractivity contribution is -0.139. The summed E-state index contributed by atoms with van der Waals surface area (Å²) in [7, 11) is 1.33. The number of aromatic nitrogens is 1. The van der Waals surface area contributed by atoms with Gasteiger partial charge in [0.1, 0.15) is 0 Å². The van der Waals surface area contributed by atoms with Gasteiger partial charge in [-0.3, -0.25) is 10.1 Å². The molecule has 2 aromatic rings. The van der Waals surface area contributed by atoms with Crippen molar-refractivity contribution in [1.29, 1.82) is 0 Å². The zero-order valence-electron chi connectivity index (χ0n) is 12.3. The largest absolute Gasteiger partial charge is 0.469 e. The van der Waals surface area contributed by atoms with Gasteiger partial charge >= 0.3 is 12.0 Å². The molecule has 2 heterocycles. The van der Waals surface area contributed by atoms with Gasteiger partial charge in [0, 0.05) is 15.1 Å². The number of amides is 2. The average molecular weight is 339 g/mol. The van der Waals surface area contributed by atoms with Crippen LogP contribution in [0.2, 0.25) is 0 Å². The summed E-state index contributed by atoms with van der Waals surface area (Å²) in [6.07, 6.45) is 1.10. The van der Waals surface area contributed by atoms with Crippen molar-refractivity contribution in [3.63, 3.8) is 0 Å². The summed E-state index contributed by atoms with van der Waals surface area (Å²) < 4.78 is 4.57. The van der Waals surface area contributed by atoms with Crippen LogP contribution in [0.1, 0.15) is 22.4 Å². The van der Waals surface area contributed by atoms with Gasteiger partial charge in [0.25, 0.3) is 0 Å². The first-order chi connectivity index (χ1) is 10.6. The summed E-state index contributed by atoms with van der Waals surface area (Å²) in [5.41, 5.74) is 0.581. The fourth-order valence-corrected chi connectivity index (χ4v) is 3.28. The highest BCUT2D eigenvalue weighted by molar-refractivity contribution is 7.14. The summed E-state index contributed by atoms with van der Waals surface area (Å²) in [4.78, 5) is 29.5. The molecule has 118 valence electrons. The highest BCUT2D eigenvalue weighted by atomic mass is 32.1. The summed E-state index contributed by atoms with van der Waals surface area (Å²) in [6.45, 7) is 2.58. The molecule has 0 aliphatic carbocycles. The number of urea groups is 1. The molecule has 0 radical (unpaired) electrons. The van der Waals surface area contributed by atoms with E-state index in [0.29, 0.717) is 17.4 Å². The average Bonchev–Trinajstić information content (AvgIpc) is 3.14. The zero-order valence-corrected chi connectivity index (χ0v) is 14.0. The van der Waals surface area contributed by atoms with Crippen molar-refractivity contribution in [2.75, 3.05) is 12.4 Å². The van der Waals surface area contributed by atoms with Crippen molar-refractivity contribution in [3.8, 4) is 0 Å². The fourth-order valence-electron chi connectivity index (χ4n) is 1.68. The Morgan fingerprint density at radius 3 is 2.77 bits per heavy atom. The number of thiazole rings is 1. The minimum absolute atomic E-state index is 0.102. The van der Waals surface area contributed by atoms with Crippen LogP contribution in [0.15, 0.2) is 17.5 Å². The molecule has 2 aromatic heterocycles. The Labute approximate surface area is 136 Å². The first-order valence-electron chi connectivity index (χ1n) is 6.74. The van der Waals surface area contributed by atoms with E-state index in [2.05, 4.69) is 33.3 Å². The lowest BCUT2D eigenvalue weighted by Crippen LogP contribution is -2.27. The van der Waals surface area contributed by atoms with E-state index in [4.69, 9.17) is 0 Å². The molecular formula is C14H17N3O3S2. The Morgan fingerprint density at radius 1 is 1.32 bits per heavy atom. The second kappa shape index (κ2) is 7.90. The van der Waals surface area contributed by atoms with E-state index in [-0.39, 0.29) is 18.4 Å². The minimum atomic E-state index is -0.356. The molecule has 0 bridgehead atoms. The van der Waals surface area contributed by atoms with Gasteiger partial charge in [0.15, 0.2) is 5.13 Å². The van der Waals surface area contributed by atoms with E-state index in [9.17, 15) is 9.59 Å². The Kier molecular flexibility index (Phi) is 5.91. The third-order valence-electron chi connectivity index (χ3n) is 2.81. The molecule has 0 saturated carbocycles. The van der Waals surface area contributed by atoms with Crippen LogP contribution in [-0.2, 0) is 28.9 Å². The maximum Gasteiger partial charge on any atom is 0.321 e. The van der Waals surface area contributed by atoms with E-state index in [1.165, 1.54) is 23.3 Å². The monoisotopic (exact) mass is 339 g/mol. The van der Waals surface area contributed by atoms with Gasteiger partial charge in [-0.15, -0.1) is 22.7 Å². The normalized spacial score (nSPS) is 10.3. The van der Waals surface area contributed by atoms with Crippen LogP contribution in [-0.4, -0.2) is 24.1 Å². The Morgan fingerprint density at radius 2 is 2.09 bits per heavy atom. The summed E-state index contributed by atoms with van der Waals surface area (Å²) in [6, 6.07) is 3.77. The van der Waals surface area contributed by atoms with Crippen molar-refractivity contribution in [1.82, 2.24) is 10.3 Å². The standard InChI is InChI=1S/C14H17N3O3S2/c1-3-10-4-5-11(22-10)7-15-13(19)17-14-16-9(8-21-14)6-12(18)20-2/h4-5,8H,3,6-7H2,1-2H3,(H2,15,16,17,19). The number of anilines is 1. The van der Waals surface area contributed by atoms with Crippen LogP contribution in [0, 0.1) is 0 Å². The summed E-state index contributed by atoms with van der Waals surface area (Å²) in [5.74, 6) is -0.356. The zero-order chi connectivity index (χ0) is 15.9.